The van der Waals surface area contributed by atoms with Crippen LogP contribution in [0, 0.1) is 0 Å². The largest absolute Gasteiger partial charge is 0.497 e. The van der Waals surface area contributed by atoms with Crippen molar-refractivity contribution in [1.29, 1.82) is 0 Å². The van der Waals surface area contributed by atoms with Gasteiger partial charge in [0, 0.05) is 38.4 Å². The summed E-state index contributed by atoms with van der Waals surface area (Å²) in [5, 5.41) is 0. The van der Waals surface area contributed by atoms with Crippen LogP contribution < -0.4 is 9.64 Å². The molecular formula is C15H22N2O. The Kier molecular flexibility index (Phi) is 4.65. The van der Waals surface area contributed by atoms with E-state index in [1.807, 2.05) is 12.1 Å². The summed E-state index contributed by atoms with van der Waals surface area (Å²) in [7, 11) is 1.70. The lowest BCUT2D eigenvalue weighted by Gasteiger charge is -2.35. The minimum absolute atomic E-state index is 0.922. The van der Waals surface area contributed by atoms with Crippen LogP contribution in [0.3, 0.4) is 0 Å². The van der Waals surface area contributed by atoms with Crippen LogP contribution >= 0.6 is 0 Å². The molecule has 0 amide bonds. The number of piperazine rings is 1. The lowest BCUT2D eigenvalue weighted by Crippen LogP contribution is -2.46. The van der Waals surface area contributed by atoms with Crippen molar-refractivity contribution in [2.24, 2.45) is 0 Å². The Labute approximate surface area is 110 Å². The number of hydrogen-bond donors (Lipinski definition) is 0. The van der Waals surface area contributed by atoms with Crippen LogP contribution in [0.4, 0.5) is 5.69 Å². The fraction of sp³-hybridized carbons (Fsp3) is 0.467. The van der Waals surface area contributed by atoms with Crippen molar-refractivity contribution in [3.05, 3.63) is 36.4 Å². The second-order valence-corrected chi connectivity index (χ2v) is 4.55. The van der Waals surface area contributed by atoms with Crippen molar-refractivity contribution in [2.75, 3.05) is 44.7 Å². The van der Waals surface area contributed by atoms with Gasteiger partial charge in [-0.2, -0.15) is 0 Å². The lowest BCUT2D eigenvalue weighted by atomic mass is 10.2. The Morgan fingerprint density at radius 2 is 1.78 bits per heavy atom. The van der Waals surface area contributed by atoms with Gasteiger partial charge in [0.25, 0.3) is 0 Å². The van der Waals surface area contributed by atoms with Crippen molar-refractivity contribution in [3.8, 4) is 5.75 Å². The summed E-state index contributed by atoms with van der Waals surface area (Å²) in [6.07, 6.45) is 4.35. The Morgan fingerprint density at radius 3 is 2.33 bits per heavy atom. The number of methoxy groups -OCH3 is 1. The average molecular weight is 246 g/mol. The molecule has 3 nitrogen and oxygen atoms in total. The van der Waals surface area contributed by atoms with Gasteiger partial charge in [0.1, 0.15) is 5.75 Å². The third-order valence-electron chi connectivity index (χ3n) is 3.41. The van der Waals surface area contributed by atoms with Crippen LogP contribution in [0.5, 0.6) is 5.75 Å². The third-order valence-corrected chi connectivity index (χ3v) is 3.41. The van der Waals surface area contributed by atoms with Crippen molar-refractivity contribution < 1.29 is 4.74 Å². The second-order valence-electron chi connectivity index (χ2n) is 4.55. The molecule has 0 spiro atoms. The summed E-state index contributed by atoms with van der Waals surface area (Å²) >= 11 is 0. The molecule has 18 heavy (non-hydrogen) atoms. The van der Waals surface area contributed by atoms with E-state index in [0.29, 0.717) is 0 Å². The average Bonchev–Trinajstić information content (AvgIpc) is 2.46. The van der Waals surface area contributed by atoms with Crippen molar-refractivity contribution in [1.82, 2.24) is 4.90 Å². The molecule has 0 atom stereocenters. The summed E-state index contributed by atoms with van der Waals surface area (Å²) in [6.45, 7) is 7.63. The Hall–Kier alpha value is -1.48. The summed E-state index contributed by atoms with van der Waals surface area (Å²) in [5.41, 5.74) is 1.29. The van der Waals surface area contributed by atoms with E-state index in [0.717, 1.165) is 38.5 Å². The van der Waals surface area contributed by atoms with Gasteiger partial charge < -0.3 is 9.64 Å². The maximum atomic E-state index is 5.18. The van der Waals surface area contributed by atoms with Gasteiger partial charge in [-0.25, -0.2) is 0 Å². The molecule has 0 aromatic heterocycles. The monoisotopic (exact) mass is 246 g/mol. The van der Waals surface area contributed by atoms with E-state index in [2.05, 4.69) is 41.0 Å². The van der Waals surface area contributed by atoms with Gasteiger partial charge in [-0.3, -0.25) is 4.90 Å². The van der Waals surface area contributed by atoms with E-state index in [4.69, 9.17) is 4.74 Å². The molecule has 98 valence electrons. The van der Waals surface area contributed by atoms with Crippen LogP contribution in [0.2, 0.25) is 0 Å². The minimum Gasteiger partial charge on any atom is -0.497 e. The molecule has 0 saturated carbocycles. The van der Waals surface area contributed by atoms with Crippen LogP contribution in [-0.2, 0) is 0 Å². The van der Waals surface area contributed by atoms with E-state index < -0.39 is 0 Å². The zero-order chi connectivity index (χ0) is 12.8. The van der Waals surface area contributed by atoms with Gasteiger partial charge in [-0.15, -0.1) is 0 Å². The van der Waals surface area contributed by atoms with E-state index in [1.54, 1.807) is 7.11 Å². The van der Waals surface area contributed by atoms with Crippen molar-refractivity contribution >= 4 is 5.69 Å². The molecule has 1 aromatic carbocycles. The maximum absolute atomic E-state index is 5.18. The molecule has 1 heterocycles. The van der Waals surface area contributed by atoms with Gasteiger partial charge in [0.05, 0.1) is 7.11 Å². The van der Waals surface area contributed by atoms with Crippen LogP contribution in [0.25, 0.3) is 0 Å². The molecule has 1 aliphatic rings. The molecule has 0 aliphatic carbocycles. The van der Waals surface area contributed by atoms with Crippen LogP contribution in [-0.4, -0.2) is 44.7 Å². The molecule has 3 heteroatoms. The van der Waals surface area contributed by atoms with Gasteiger partial charge in [0.2, 0.25) is 0 Å². The molecule has 1 fully saturated rings. The standard InChI is InChI=1S/C15H22N2O/c1-3-4-9-16-10-12-17(13-11-16)14-5-7-15(18-2)8-6-14/h3-8H,9-13H2,1-2H3/b4-3+. The van der Waals surface area contributed by atoms with Crippen LogP contribution in [0.15, 0.2) is 36.4 Å². The number of nitrogens with zero attached hydrogens (tertiary/aromatic N) is 2. The third kappa shape index (κ3) is 3.26. The minimum atomic E-state index is 0.922. The first-order valence-electron chi connectivity index (χ1n) is 6.56. The summed E-state index contributed by atoms with van der Waals surface area (Å²) in [6, 6.07) is 8.34. The van der Waals surface area contributed by atoms with E-state index in [-0.39, 0.29) is 0 Å². The number of hydrogen-bond acceptors (Lipinski definition) is 3. The summed E-state index contributed by atoms with van der Waals surface area (Å²) in [4.78, 5) is 4.92. The molecule has 1 aliphatic heterocycles. The molecular weight excluding hydrogens is 224 g/mol. The highest BCUT2D eigenvalue weighted by Crippen LogP contribution is 2.20. The summed E-state index contributed by atoms with van der Waals surface area (Å²) < 4.78 is 5.18. The fourth-order valence-corrected chi connectivity index (χ4v) is 2.24. The Morgan fingerprint density at radius 1 is 1.11 bits per heavy atom. The second kappa shape index (κ2) is 6.45. The van der Waals surface area contributed by atoms with Crippen molar-refractivity contribution in [3.63, 3.8) is 0 Å². The van der Waals surface area contributed by atoms with Gasteiger partial charge >= 0.3 is 0 Å². The number of ether oxygens (including phenoxy) is 1. The normalized spacial score (nSPS) is 17.3. The van der Waals surface area contributed by atoms with Gasteiger partial charge in [0.15, 0.2) is 0 Å². The summed E-state index contributed by atoms with van der Waals surface area (Å²) in [5.74, 6) is 0.922. The number of rotatable bonds is 4. The number of benzene rings is 1. The zero-order valence-corrected chi connectivity index (χ0v) is 11.3. The highest BCUT2D eigenvalue weighted by molar-refractivity contribution is 5.49. The highest BCUT2D eigenvalue weighted by Gasteiger charge is 2.15. The van der Waals surface area contributed by atoms with E-state index in [9.17, 15) is 0 Å². The smallest absolute Gasteiger partial charge is 0.119 e. The lowest BCUT2D eigenvalue weighted by molar-refractivity contribution is 0.284. The highest BCUT2D eigenvalue weighted by atomic mass is 16.5. The fourth-order valence-electron chi connectivity index (χ4n) is 2.24. The quantitative estimate of drug-likeness (QED) is 0.759. The number of allylic oxidation sites excluding steroid dienone is 1. The molecule has 0 radical (unpaired) electrons. The predicted octanol–water partition coefficient (Wildman–Crippen LogP) is 2.39. The predicted molar refractivity (Wildman–Crippen MR) is 76.5 cm³/mol. The van der Waals surface area contributed by atoms with Gasteiger partial charge in [-0.05, 0) is 31.2 Å². The number of anilines is 1. The molecule has 0 N–H and O–H groups in total. The zero-order valence-electron chi connectivity index (χ0n) is 11.3. The topological polar surface area (TPSA) is 15.7 Å². The Balaban J connectivity index is 1.88. The molecule has 1 saturated heterocycles. The van der Waals surface area contributed by atoms with E-state index >= 15 is 0 Å². The van der Waals surface area contributed by atoms with Gasteiger partial charge in [-0.1, -0.05) is 12.2 Å². The van der Waals surface area contributed by atoms with Crippen LogP contribution in [0.1, 0.15) is 6.92 Å². The molecule has 0 bridgehead atoms. The maximum Gasteiger partial charge on any atom is 0.119 e. The van der Waals surface area contributed by atoms with E-state index in [1.165, 1.54) is 5.69 Å². The van der Waals surface area contributed by atoms with Crippen molar-refractivity contribution in [2.45, 2.75) is 6.92 Å². The molecule has 2 rings (SSSR count). The SMILES string of the molecule is C/C=C/CN1CCN(c2ccc(OC)cc2)CC1. The first kappa shape index (κ1) is 13.0. The molecule has 0 unspecified atom stereocenters. The first-order valence-corrected chi connectivity index (χ1v) is 6.56. The first-order chi connectivity index (χ1) is 8.83. The Bertz CT molecular complexity index is 378. The molecule has 1 aromatic rings.